The lowest BCUT2D eigenvalue weighted by molar-refractivity contribution is 0.0645. The fourth-order valence-corrected chi connectivity index (χ4v) is 4.09. The first-order valence-electron chi connectivity index (χ1n) is 8.12. The highest BCUT2D eigenvalue weighted by atomic mass is 35.5. The molecule has 0 radical (unpaired) electrons. The van der Waals surface area contributed by atoms with Crippen molar-refractivity contribution in [1.29, 1.82) is 0 Å². The molecule has 0 bridgehead atoms. The van der Waals surface area contributed by atoms with Gasteiger partial charge in [-0.3, -0.25) is 4.79 Å². The van der Waals surface area contributed by atoms with E-state index < -0.39 is 0 Å². The van der Waals surface area contributed by atoms with Crippen LogP contribution in [0, 0.1) is 0 Å². The Morgan fingerprint density at radius 1 is 1.38 bits per heavy atom. The molecule has 1 amide bonds. The number of benzene rings is 1. The maximum Gasteiger partial charge on any atom is 0.273 e. The molecule has 1 atom stereocenters. The van der Waals surface area contributed by atoms with E-state index >= 15 is 0 Å². The van der Waals surface area contributed by atoms with Crippen molar-refractivity contribution in [2.45, 2.75) is 31.6 Å². The second kappa shape index (κ2) is 8.10. The Morgan fingerprint density at radius 3 is 2.83 bits per heavy atom. The van der Waals surface area contributed by atoms with Gasteiger partial charge in [0, 0.05) is 30.3 Å². The van der Waals surface area contributed by atoms with Crippen molar-refractivity contribution in [1.82, 2.24) is 9.88 Å². The number of thiazole rings is 1. The van der Waals surface area contributed by atoms with Gasteiger partial charge >= 0.3 is 0 Å². The van der Waals surface area contributed by atoms with Gasteiger partial charge in [0.1, 0.15) is 5.69 Å². The summed E-state index contributed by atoms with van der Waals surface area (Å²) in [4.78, 5) is 19.2. The van der Waals surface area contributed by atoms with Crippen molar-refractivity contribution in [2.24, 2.45) is 5.73 Å². The fraction of sp³-hybridized carbons (Fsp3) is 0.444. The van der Waals surface area contributed by atoms with Gasteiger partial charge in [0.05, 0.1) is 5.01 Å². The lowest BCUT2D eigenvalue weighted by atomic mass is 9.76. The fourth-order valence-electron chi connectivity index (χ4n) is 3.30. The number of hydrogen-bond acceptors (Lipinski definition) is 4. The van der Waals surface area contributed by atoms with Crippen molar-refractivity contribution >= 4 is 29.7 Å². The molecule has 2 aromatic rings. The van der Waals surface area contributed by atoms with Gasteiger partial charge in [-0.05, 0) is 24.9 Å². The van der Waals surface area contributed by atoms with Crippen molar-refractivity contribution < 1.29 is 4.79 Å². The number of halogens is 1. The summed E-state index contributed by atoms with van der Waals surface area (Å²) in [5.74, 6) is 0.0476. The molecule has 1 aliphatic heterocycles. The average Bonchev–Trinajstić information content (AvgIpc) is 3.04. The van der Waals surface area contributed by atoms with Crippen LogP contribution in [0.15, 0.2) is 35.7 Å². The molecule has 2 N–H and O–H groups in total. The SMILES string of the molecule is CC1(c2ccccc2)CCCN(C(=O)c2csc(CCN)n2)C1.Cl. The second-order valence-electron chi connectivity index (χ2n) is 6.42. The summed E-state index contributed by atoms with van der Waals surface area (Å²) >= 11 is 1.52. The van der Waals surface area contributed by atoms with Gasteiger partial charge in [0.2, 0.25) is 0 Å². The van der Waals surface area contributed by atoms with Crippen molar-refractivity contribution in [3.05, 3.63) is 52.0 Å². The van der Waals surface area contributed by atoms with Crippen molar-refractivity contribution in [3.63, 3.8) is 0 Å². The first kappa shape index (κ1) is 18.9. The molecule has 1 aromatic carbocycles. The van der Waals surface area contributed by atoms with E-state index in [-0.39, 0.29) is 23.7 Å². The van der Waals surface area contributed by atoms with Crippen LogP contribution in [-0.2, 0) is 11.8 Å². The van der Waals surface area contributed by atoms with Crippen LogP contribution in [0.25, 0.3) is 0 Å². The van der Waals surface area contributed by atoms with E-state index in [2.05, 4.69) is 36.2 Å². The molecule has 2 heterocycles. The zero-order chi connectivity index (χ0) is 16.3. The number of rotatable bonds is 4. The number of nitrogens with two attached hydrogens (primary N) is 1. The average molecular weight is 366 g/mol. The molecular weight excluding hydrogens is 342 g/mol. The molecule has 1 aliphatic rings. The quantitative estimate of drug-likeness (QED) is 0.904. The van der Waals surface area contributed by atoms with Gasteiger partial charge in [-0.2, -0.15) is 0 Å². The van der Waals surface area contributed by atoms with E-state index in [1.807, 2.05) is 16.3 Å². The molecular formula is C18H24ClN3OS. The van der Waals surface area contributed by atoms with E-state index in [0.29, 0.717) is 12.2 Å². The third-order valence-corrected chi connectivity index (χ3v) is 5.49. The summed E-state index contributed by atoms with van der Waals surface area (Å²) in [6.45, 7) is 4.38. The number of carbonyl (C=O) groups is 1. The van der Waals surface area contributed by atoms with E-state index in [0.717, 1.165) is 37.4 Å². The number of piperidine rings is 1. The first-order valence-corrected chi connectivity index (χ1v) is 9.00. The van der Waals surface area contributed by atoms with Crippen LogP contribution >= 0.6 is 23.7 Å². The largest absolute Gasteiger partial charge is 0.336 e. The number of carbonyl (C=O) groups excluding carboxylic acids is 1. The van der Waals surface area contributed by atoms with Crippen LogP contribution in [0.4, 0.5) is 0 Å². The molecule has 1 aromatic heterocycles. The van der Waals surface area contributed by atoms with Gasteiger partial charge in [-0.1, -0.05) is 37.3 Å². The topological polar surface area (TPSA) is 59.2 Å². The molecule has 130 valence electrons. The maximum atomic E-state index is 12.8. The molecule has 0 spiro atoms. The lowest BCUT2D eigenvalue weighted by Crippen LogP contribution is -2.47. The van der Waals surface area contributed by atoms with E-state index in [1.165, 1.54) is 16.9 Å². The summed E-state index contributed by atoms with van der Waals surface area (Å²) in [6.07, 6.45) is 2.87. The number of likely N-dealkylation sites (tertiary alicyclic amines) is 1. The zero-order valence-electron chi connectivity index (χ0n) is 13.9. The first-order chi connectivity index (χ1) is 11.1. The molecule has 1 unspecified atom stereocenters. The summed E-state index contributed by atoms with van der Waals surface area (Å²) in [5, 5.41) is 2.81. The third kappa shape index (κ3) is 3.97. The molecule has 6 heteroatoms. The molecule has 1 saturated heterocycles. The number of hydrogen-bond donors (Lipinski definition) is 1. The molecule has 0 saturated carbocycles. The van der Waals surface area contributed by atoms with Crippen molar-refractivity contribution in [2.75, 3.05) is 19.6 Å². The summed E-state index contributed by atoms with van der Waals surface area (Å²) in [6, 6.07) is 10.5. The van der Waals surface area contributed by atoms with Crippen LogP contribution in [0.1, 0.15) is 40.8 Å². The van der Waals surface area contributed by atoms with E-state index in [4.69, 9.17) is 5.73 Å². The van der Waals surface area contributed by atoms with Gasteiger partial charge in [0.25, 0.3) is 5.91 Å². The third-order valence-electron chi connectivity index (χ3n) is 4.58. The monoisotopic (exact) mass is 365 g/mol. The van der Waals surface area contributed by atoms with Gasteiger partial charge < -0.3 is 10.6 Å². The second-order valence-corrected chi connectivity index (χ2v) is 7.36. The van der Waals surface area contributed by atoms with Gasteiger partial charge in [-0.15, -0.1) is 23.7 Å². The predicted octanol–water partition coefficient (Wildman–Crippen LogP) is 3.26. The Kier molecular flexibility index (Phi) is 6.38. The normalized spacial score (nSPS) is 20.5. The van der Waals surface area contributed by atoms with Crippen LogP contribution in [0.3, 0.4) is 0 Å². The molecule has 3 rings (SSSR count). The Hall–Kier alpha value is -1.43. The van der Waals surface area contributed by atoms with Crippen molar-refractivity contribution in [3.8, 4) is 0 Å². The maximum absolute atomic E-state index is 12.8. The van der Waals surface area contributed by atoms with Crippen LogP contribution < -0.4 is 5.73 Å². The van der Waals surface area contributed by atoms with Crippen LogP contribution in [-0.4, -0.2) is 35.4 Å². The predicted molar refractivity (Wildman–Crippen MR) is 101 cm³/mol. The van der Waals surface area contributed by atoms with E-state index in [9.17, 15) is 4.79 Å². The minimum Gasteiger partial charge on any atom is -0.336 e. The van der Waals surface area contributed by atoms with E-state index in [1.54, 1.807) is 0 Å². The number of aromatic nitrogens is 1. The highest BCUT2D eigenvalue weighted by Crippen LogP contribution is 2.34. The zero-order valence-corrected chi connectivity index (χ0v) is 15.5. The van der Waals surface area contributed by atoms with Gasteiger partial charge in [0.15, 0.2) is 0 Å². The smallest absolute Gasteiger partial charge is 0.273 e. The highest BCUT2D eigenvalue weighted by molar-refractivity contribution is 7.09. The minimum absolute atomic E-state index is 0. The lowest BCUT2D eigenvalue weighted by Gasteiger charge is -2.40. The van der Waals surface area contributed by atoms with Gasteiger partial charge in [-0.25, -0.2) is 4.98 Å². The number of amides is 1. The minimum atomic E-state index is 0. The molecule has 0 aliphatic carbocycles. The Labute approximate surface area is 153 Å². The highest BCUT2D eigenvalue weighted by Gasteiger charge is 2.35. The molecule has 24 heavy (non-hydrogen) atoms. The number of nitrogens with zero attached hydrogens (tertiary/aromatic N) is 2. The summed E-state index contributed by atoms with van der Waals surface area (Å²) in [7, 11) is 0. The molecule has 4 nitrogen and oxygen atoms in total. The summed E-state index contributed by atoms with van der Waals surface area (Å²) in [5.41, 5.74) is 7.45. The Balaban J connectivity index is 0.00000208. The molecule has 1 fully saturated rings. The van der Waals surface area contributed by atoms with Crippen LogP contribution in [0.2, 0.25) is 0 Å². The van der Waals surface area contributed by atoms with Crippen LogP contribution in [0.5, 0.6) is 0 Å². The summed E-state index contributed by atoms with van der Waals surface area (Å²) < 4.78 is 0. The Bertz CT molecular complexity index is 676. The Morgan fingerprint density at radius 2 is 2.12 bits per heavy atom. The standard InChI is InChI=1S/C18H23N3OS.ClH/c1-18(14-6-3-2-4-7-14)9-5-11-21(13-18)17(22)15-12-23-16(20-15)8-10-19;/h2-4,6-7,12H,5,8-11,13,19H2,1H3;1H.